The Labute approximate surface area is 190 Å². The topological polar surface area (TPSA) is 85.0 Å². The van der Waals surface area contributed by atoms with Gasteiger partial charge in [-0.3, -0.25) is 0 Å². The summed E-state index contributed by atoms with van der Waals surface area (Å²) in [5.74, 6) is -0.499. The number of rotatable bonds is 6. The van der Waals surface area contributed by atoms with Gasteiger partial charge in [-0.2, -0.15) is 4.31 Å². The van der Waals surface area contributed by atoms with Gasteiger partial charge in [-0.05, 0) is 49.2 Å². The minimum absolute atomic E-state index is 0.104. The maximum Gasteiger partial charge on any atom is 0.248 e. The van der Waals surface area contributed by atoms with Crippen LogP contribution in [0.5, 0.6) is 0 Å². The van der Waals surface area contributed by atoms with Gasteiger partial charge >= 0.3 is 0 Å². The minimum Gasteiger partial charge on any atom is -0.383 e. The molecule has 10 heteroatoms. The lowest BCUT2D eigenvalue weighted by atomic mass is 10.0. The van der Waals surface area contributed by atoms with Crippen molar-refractivity contribution in [1.82, 2.24) is 9.46 Å². The molecule has 1 aliphatic heterocycles. The molecule has 1 aromatic heterocycles. The fraction of sp³-hybridized carbons (Fsp3) is 0.304. The summed E-state index contributed by atoms with van der Waals surface area (Å²) in [6.07, 6.45) is 0.118. The monoisotopic (exact) mass is 475 g/mol. The Morgan fingerprint density at radius 3 is 1.94 bits per heavy atom. The Morgan fingerprint density at radius 2 is 1.48 bits per heavy atom. The Balaban J connectivity index is 1.49. The normalized spacial score (nSPS) is 15.1. The molecule has 0 amide bonds. The molecule has 33 heavy (non-hydrogen) atoms. The smallest absolute Gasteiger partial charge is 0.248 e. The lowest BCUT2D eigenvalue weighted by molar-refractivity contribution is 0.0855. The second-order valence-corrected chi connectivity index (χ2v) is 9.68. The van der Waals surface area contributed by atoms with Gasteiger partial charge in [0.25, 0.3) is 0 Å². The van der Waals surface area contributed by atoms with Gasteiger partial charge in [-0.15, -0.1) is 0 Å². The fourth-order valence-electron chi connectivity index (χ4n) is 3.76. The van der Waals surface area contributed by atoms with Crippen molar-refractivity contribution in [2.45, 2.75) is 37.7 Å². The summed E-state index contributed by atoms with van der Waals surface area (Å²) in [6, 6.07) is 11.6. The van der Waals surface area contributed by atoms with Crippen molar-refractivity contribution >= 4 is 15.7 Å². The van der Waals surface area contributed by atoms with Crippen LogP contribution in [0.15, 0.2) is 63.1 Å². The molecule has 0 N–H and O–H groups in total. The molecule has 0 saturated carbocycles. The number of hydrogen-bond acceptors (Lipinski definition) is 6. The number of piperidine rings is 1. The molecule has 0 aliphatic carbocycles. The van der Waals surface area contributed by atoms with Crippen LogP contribution in [0.25, 0.3) is 0 Å². The van der Waals surface area contributed by atoms with Gasteiger partial charge in [-0.1, -0.05) is 34.6 Å². The first-order chi connectivity index (χ1) is 15.8. The second-order valence-electron chi connectivity index (χ2n) is 7.80. The van der Waals surface area contributed by atoms with Crippen LogP contribution < -0.4 is 0 Å². The highest BCUT2D eigenvalue weighted by Crippen LogP contribution is 2.29. The van der Waals surface area contributed by atoms with E-state index in [1.165, 1.54) is 28.6 Å². The van der Waals surface area contributed by atoms with Crippen LogP contribution in [0.4, 0.5) is 8.78 Å². The maximum absolute atomic E-state index is 13.4. The first kappa shape index (κ1) is 23.1. The summed E-state index contributed by atoms with van der Waals surface area (Å²) < 4.78 is 59.1. The molecule has 2 aromatic carbocycles. The number of sulfonamides is 1. The van der Waals surface area contributed by atoms with Crippen LogP contribution in [0.2, 0.25) is 0 Å². The van der Waals surface area contributed by atoms with E-state index >= 15 is 0 Å². The van der Waals surface area contributed by atoms with Gasteiger partial charge < -0.3 is 9.36 Å². The van der Waals surface area contributed by atoms with E-state index < -0.39 is 16.1 Å². The summed E-state index contributed by atoms with van der Waals surface area (Å²) in [4.78, 5) is 5.92. The van der Waals surface area contributed by atoms with E-state index in [1.54, 1.807) is 38.1 Å². The quantitative estimate of drug-likeness (QED) is 0.490. The van der Waals surface area contributed by atoms with Crippen LogP contribution in [0, 0.1) is 25.5 Å². The summed E-state index contributed by atoms with van der Waals surface area (Å²) >= 11 is 0. The molecule has 1 fully saturated rings. The van der Waals surface area contributed by atoms with Gasteiger partial charge in [0, 0.05) is 25.9 Å². The zero-order chi connectivity index (χ0) is 23.6. The van der Waals surface area contributed by atoms with Crippen LogP contribution in [0.1, 0.15) is 41.5 Å². The maximum atomic E-state index is 13.4. The molecule has 4 rings (SSSR count). The second kappa shape index (κ2) is 9.40. The van der Waals surface area contributed by atoms with Gasteiger partial charge in [0.1, 0.15) is 22.2 Å². The minimum atomic E-state index is -3.72. The molecule has 1 saturated heterocycles. The van der Waals surface area contributed by atoms with Crippen LogP contribution in [0.3, 0.4) is 0 Å². The molecule has 0 unspecified atom stereocenters. The molecular weight excluding hydrogens is 452 g/mol. The first-order valence-electron chi connectivity index (χ1n) is 10.4. The number of hydrogen-bond donors (Lipinski definition) is 0. The van der Waals surface area contributed by atoms with Crippen molar-refractivity contribution < 1.29 is 26.6 Å². The number of oxime groups is 1. The van der Waals surface area contributed by atoms with Crippen molar-refractivity contribution in [3.63, 3.8) is 0 Å². The lowest BCUT2D eigenvalue weighted by Gasteiger charge is -2.27. The number of nitrogens with zero attached hydrogens (tertiary/aromatic N) is 3. The van der Waals surface area contributed by atoms with Crippen molar-refractivity contribution in [3.05, 3.63) is 82.7 Å². The van der Waals surface area contributed by atoms with Crippen molar-refractivity contribution in [2.24, 2.45) is 5.16 Å². The van der Waals surface area contributed by atoms with E-state index in [-0.39, 0.29) is 35.4 Å². The van der Waals surface area contributed by atoms with Crippen LogP contribution in [-0.2, 0) is 14.9 Å². The highest BCUT2D eigenvalue weighted by molar-refractivity contribution is 7.89. The number of aryl methyl sites for hydroxylation is 2. The van der Waals surface area contributed by atoms with E-state index in [9.17, 15) is 17.2 Å². The molecule has 0 spiro atoms. The summed E-state index contributed by atoms with van der Waals surface area (Å²) in [5, 5.41) is 8.01. The third-order valence-corrected chi connectivity index (χ3v) is 7.64. The predicted octanol–water partition coefficient (Wildman–Crippen LogP) is 4.52. The Hall–Kier alpha value is -3.11. The molecule has 1 aliphatic rings. The number of benzene rings is 2. The Morgan fingerprint density at radius 1 is 0.970 bits per heavy atom. The van der Waals surface area contributed by atoms with Gasteiger partial charge in [0.15, 0.2) is 11.9 Å². The molecule has 0 radical (unpaired) electrons. The number of aromatic nitrogens is 1. The van der Waals surface area contributed by atoms with E-state index in [0.717, 1.165) is 0 Å². The van der Waals surface area contributed by atoms with Crippen LogP contribution in [-0.4, -0.2) is 36.7 Å². The van der Waals surface area contributed by atoms with Gasteiger partial charge in [-0.25, -0.2) is 17.2 Å². The summed E-state index contributed by atoms with van der Waals surface area (Å²) in [7, 11) is -3.72. The molecular formula is C23H23F2N3O4S. The van der Waals surface area contributed by atoms with Crippen molar-refractivity contribution in [1.29, 1.82) is 0 Å². The average molecular weight is 476 g/mol. The molecule has 3 aromatic rings. The highest BCUT2D eigenvalue weighted by Gasteiger charge is 2.33. The van der Waals surface area contributed by atoms with Gasteiger partial charge in [0.05, 0.1) is 5.71 Å². The first-order valence-corrected chi connectivity index (χ1v) is 11.8. The standard InChI is InChI=1S/C23H23F2N3O4S/c1-15-23(16(2)31-26-15)33(29,30)28-13-11-21(12-14-28)27-32-22(17-3-7-19(24)8-4-17)18-5-9-20(25)10-6-18/h3-10,22H,11-14H2,1-2H3. The zero-order valence-electron chi connectivity index (χ0n) is 18.2. The van der Waals surface area contributed by atoms with Crippen molar-refractivity contribution in [2.75, 3.05) is 13.1 Å². The Bertz CT molecular complexity index is 1180. The third kappa shape index (κ3) is 4.96. The average Bonchev–Trinajstić information content (AvgIpc) is 3.15. The number of halogens is 2. The molecule has 2 heterocycles. The van der Waals surface area contributed by atoms with Gasteiger partial charge in [0.2, 0.25) is 10.0 Å². The zero-order valence-corrected chi connectivity index (χ0v) is 19.0. The van der Waals surface area contributed by atoms with Crippen molar-refractivity contribution in [3.8, 4) is 0 Å². The van der Waals surface area contributed by atoms with E-state index in [4.69, 9.17) is 9.36 Å². The fourth-order valence-corrected chi connectivity index (χ4v) is 5.50. The highest BCUT2D eigenvalue weighted by atomic mass is 32.2. The van der Waals surface area contributed by atoms with E-state index in [0.29, 0.717) is 35.4 Å². The molecule has 174 valence electrons. The van der Waals surface area contributed by atoms with E-state index in [2.05, 4.69) is 10.3 Å². The predicted molar refractivity (Wildman–Crippen MR) is 117 cm³/mol. The molecule has 7 nitrogen and oxygen atoms in total. The summed E-state index contributed by atoms with van der Waals surface area (Å²) in [6.45, 7) is 3.65. The summed E-state index contributed by atoms with van der Waals surface area (Å²) in [5.41, 5.74) is 2.35. The third-order valence-electron chi connectivity index (χ3n) is 5.50. The van der Waals surface area contributed by atoms with Crippen LogP contribution >= 0.6 is 0 Å². The molecule has 0 bridgehead atoms. The SMILES string of the molecule is Cc1noc(C)c1S(=O)(=O)N1CCC(=NOC(c2ccc(F)cc2)c2ccc(F)cc2)CC1. The Kier molecular flexibility index (Phi) is 6.57. The largest absolute Gasteiger partial charge is 0.383 e. The molecule has 0 atom stereocenters. The lowest BCUT2D eigenvalue weighted by Crippen LogP contribution is -2.39. The van der Waals surface area contributed by atoms with E-state index in [1.807, 2.05) is 0 Å².